The van der Waals surface area contributed by atoms with Crippen LogP contribution in [0.25, 0.3) is 0 Å². The van der Waals surface area contributed by atoms with Crippen molar-refractivity contribution in [2.24, 2.45) is 45.2 Å². The summed E-state index contributed by atoms with van der Waals surface area (Å²) in [6.07, 6.45) is 9.59. The van der Waals surface area contributed by atoms with Crippen molar-refractivity contribution in [3.63, 3.8) is 0 Å². The molecule has 11 heteroatoms. The number of fused-ring (bicyclic) bond motifs is 1. The Morgan fingerprint density at radius 2 is 2.00 bits per heavy atom. The van der Waals surface area contributed by atoms with Crippen LogP contribution < -0.4 is 16.4 Å². The Labute approximate surface area is 261 Å². The first-order chi connectivity index (χ1) is 21.1. The molecule has 2 spiro atoms. The largest absolute Gasteiger partial charge is 0.478 e. The number of likely N-dealkylation sites (N-methyl/N-ethyl adjacent to an activating group) is 1. The molecule has 0 aromatic rings. The summed E-state index contributed by atoms with van der Waals surface area (Å²) in [6.45, 7) is 5.25. The van der Waals surface area contributed by atoms with E-state index in [0.717, 1.165) is 37.7 Å². The van der Waals surface area contributed by atoms with E-state index in [0.29, 0.717) is 70.3 Å². The smallest absolute Gasteiger partial charge is 0.334 e. The molecule has 11 nitrogen and oxygen atoms in total. The lowest BCUT2D eigenvalue weighted by atomic mass is 9.45. The van der Waals surface area contributed by atoms with Crippen molar-refractivity contribution in [3.8, 4) is 0 Å². The van der Waals surface area contributed by atoms with Crippen molar-refractivity contribution in [1.82, 2.24) is 15.5 Å². The number of carbonyl (C=O) groups is 1. The molecule has 44 heavy (non-hydrogen) atoms. The molecule has 246 valence electrons. The van der Waals surface area contributed by atoms with E-state index in [-0.39, 0.29) is 36.0 Å². The summed E-state index contributed by atoms with van der Waals surface area (Å²) in [4.78, 5) is 20.0. The van der Waals surface area contributed by atoms with Gasteiger partial charge in [-0.25, -0.2) is 4.79 Å². The molecular formula is C33H53N5O6. The summed E-state index contributed by atoms with van der Waals surface area (Å²) < 4.78 is 6.64. The predicted molar refractivity (Wildman–Crippen MR) is 167 cm³/mol. The van der Waals surface area contributed by atoms with E-state index in [9.17, 15) is 25.2 Å². The van der Waals surface area contributed by atoms with Crippen LogP contribution in [0.1, 0.15) is 64.7 Å². The van der Waals surface area contributed by atoms with E-state index >= 15 is 0 Å². The second-order valence-corrected chi connectivity index (χ2v) is 14.5. The van der Waals surface area contributed by atoms with Gasteiger partial charge in [0.1, 0.15) is 5.60 Å². The number of carboxylic acid groups (broad SMARTS) is 1. The first-order valence-corrected chi connectivity index (χ1v) is 16.9. The molecule has 0 aromatic carbocycles. The SMILES string of the molecule is CNCCN=C(N)N1C=CC(CNCCO)C2(C1)C1CCC(C)C23CC(O)(C2CCC4CCC(O)CC4O2)C(C(=O)O)=C3C1. The maximum Gasteiger partial charge on any atom is 0.334 e. The van der Waals surface area contributed by atoms with Gasteiger partial charge in [-0.1, -0.05) is 13.0 Å². The topological polar surface area (TPSA) is 173 Å². The number of carboxylic acids is 1. The molecule has 0 amide bonds. The van der Waals surface area contributed by atoms with Gasteiger partial charge >= 0.3 is 5.97 Å². The van der Waals surface area contributed by atoms with Crippen LogP contribution in [0.3, 0.4) is 0 Å². The fourth-order valence-corrected chi connectivity index (χ4v) is 10.7. The van der Waals surface area contributed by atoms with Crippen LogP contribution in [0.4, 0.5) is 0 Å². The second kappa shape index (κ2) is 12.3. The van der Waals surface area contributed by atoms with Crippen LogP contribution in [0.2, 0.25) is 0 Å². The Morgan fingerprint density at radius 1 is 1.20 bits per heavy atom. The van der Waals surface area contributed by atoms with Gasteiger partial charge in [-0.3, -0.25) is 4.99 Å². The first kappa shape index (κ1) is 31.9. The highest BCUT2D eigenvalue weighted by atomic mass is 16.5. The van der Waals surface area contributed by atoms with Crippen molar-refractivity contribution in [3.05, 3.63) is 23.4 Å². The highest BCUT2D eigenvalue weighted by molar-refractivity contribution is 5.92. The molecule has 3 saturated carbocycles. The van der Waals surface area contributed by atoms with Crippen molar-refractivity contribution in [2.45, 2.75) is 88.6 Å². The van der Waals surface area contributed by atoms with Gasteiger partial charge < -0.3 is 46.4 Å². The molecule has 4 fully saturated rings. The third-order valence-corrected chi connectivity index (χ3v) is 12.6. The third kappa shape index (κ3) is 4.84. The number of nitrogens with two attached hydrogens (primary N) is 1. The molecular weight excluding hydrogens is 562 g/mol. The Kier molecular flexibility index (Phi) is 8.93. The van der Waals surface area contributed by atoms with E-state index < -0.39 is 34.6 Å². The number of aliphatic hydroxyl groups excluding tert-OH is 2. The molecule has 2 heterocycles. The number of aliphatic hydroxyl groups is 3. The number of aliphatic carboxylic acids is 1. The maximum absolute atomic E-state index is 13.3. The van der Waals surface area contributed by atoms with Crippen LogP contribution >= 0.6 is 0 Å². The molecule has 6 rings (SSSR count). The summed E-state index contributed by atoms with van der Waals surface area (Å²) in [6, 6.07) is 0. The number of hydrogen-bond acceptors (Lipinski definition) is 8. The van der Waals surface area contributed by atoms with Crippen molar-refractivity contribution < 1.29 is 30.0 Å². The Morgan fingerprint density at radius 3 is 2.75 bits per heavy atom. The number of allylic oxidation sites excluding steroid dienone is 1. The summed E-state index contributed by atoms with van der Waals surface area (Å²) in [5.41, 5.74) is 5.08. The summed E-state index contributed by atoms with van der Waals surface area (Å²) in [5.74, 6) is 0.145. The summed E-state index contributed by atoms with van der Waals surface area (Å²) in [5, 5.41) is 50.2. The number of rotatable bonds is 9. The summed E-state index contributed by atoms with van der Waals surface area (Å²) in [7, 11) is 1.88. The lowest BCUT2D eigenvalue weighted by Crippen LogP contribution is -2.63. The highest BCUT2D eigenvalue weighted by Gasteiger charge is 2.76. The fraction of sp³-hybridized carbons (Fsp3) is 0.818. The van der Waals surface area contributed by atoms with Crippen molar-refractivity contribution in [1.29, 1.82) is 0 Å². The minimum Gasteiger partial charge on any atom is -0.478 e. The monoisotopic (exact) mass is 615 g/mol. The van der Waals surface area contributed by atoms with Gasteiger partial charge in [0.15, 0.2) is 5.96 Å². The molecule has 4 aliphatic carbocycles. The standard InChI is InChI=1S/C33H53N5O6/c1-20-3-6-22-15-25-28(29(41)42)33(43,27-8-5-21-4-7-24(40)16-26(21)44-27)18-31(20,25)32(22)19-38(30(34)37-11-10-35-2)13-9-23(32)17-36-12-14-39/h9,13,20-24,26-27,35-36,39-40,43H,3-8,10-12,14-19H2,1-2H3,(H2,34,37)(H,41,42). The van der Waals surface area contributed by atoms with Gasteiger partial charge in [-0.15, -0.1) is 0 Å². The molecule has 0 aromatic heterocycles. The van der Waals surface area contributed by atoms with Crippen molar-refractivity contribution in [2.75, 3.05) is 46.4 Å². The zero-order valence-corrected chi connectivity index (χ0v) is 26.4. The van der Waals surface area contributed by atoms with Crippen LogP contribution in [-0.4, -0.2) is 108 Å². The van der Waals surface area contributed by atoms with Gasteiger partial charge in [0.05, 0.1) is 37.0 Å². The first-order valence-electron chi connectivity index (χ1n) is 16.9. The molecule has 8 N–H and O–H groups in total. The molecule has 0 radical (unpaired) electrons. The molecule has 6 aliphatic rings. The average Bonchev–Trinajstić information content (AvgIpc) is 3.36. The Balaban J connectivity index is 1.44. The Bertz CT molecular complexity index is 1190. The Hall–Kier alpha value is -2.02. The van der Waals surface area contributed by atoms with Gasteiger partial charge in [0.25, 0.3) is 0 Å². The zero-order chi connectivity index (χ0) is 31.3. The van der Waals surface area contributed by atoms with Crippen LogP contribution in [-0.2, 0) is 9.53 Å². The number of ether oxygens (including phenoxy) is 1. The molecule has 2 bridgehead atoms. The van der Waals surface area contributed by atoms with E-state index in [2.05, 4.69) is 28.6 Å². The van der Waals surface area contributed by atoms with Crippen molar-refractivity contribution >= 4 is 11.9 Å². The van der Waals surface area contributed by atoms with Crippen LogP contribution in [0, 0.1) is 34.5 Å². The van der Waals surface area contributed by atoms with E-state index in [4.69, 9.17) is 10.5 Å². The quantitative estimate of drug-likeness (QED) is 0.113. The molecule has 10 atom stereocenters. The number of guanidine groups is 1. The number of hydrogen-bond donors (Lipinski definition) is 7. The predicted octanol–water partition coefficient (Wildman–Crippen LogP) is 1.20. The van der Waals surface area contributed by atoms with E-state index in [1.54, 1.807) is 0 Å². The maximum atomic E-state index is 13.3. The fourth-order valence-electron chi connectivity index (χ4n) is 10.7. The minimum atomic E-state index is -1.63. The van der Waals surface area contributed by atoms with Gasteiger partial charge in [0.2, 0.25) is 0 Å². The van der Waals surface area contributed by atoms with Gasteiger partial charge in [-0.05, 0) is 94.1 Å². The van der Waals surface area contributed by atoms with Crippen LogP contribution in [0.5, 0.6) is 0 Å². The lowest BCUT2D eigenvalue weighted by molar-refractivity contribution is -0.195. The number of aliphatic imine (C=N–C) groups is 1. The highest BCUT2D eigenvalue weighted by Crippen LogP contribution is 2.77. The number of nitrogens with one attached hydrogen (secondary N) is 2. The average molecular weight is 616 g/mol. The molecule has 2 aliphatic heterocycles. The minimum absolute atomic E-state index is 0.0372. The van der Waals surface area contributed by atoms with Gasteiger partial charge in [-0.2, -0.15) is 0 Å². The summed E-state index contributed by atoms with van der Waals surface area (Å²) >= 11 is 0. The molecule has 10 unspecified atom stereocenters. The van der Waals surface area contributed by atoms with Gasteiger partial charge in [0, 0.05) is 43.2 Å². The van der Waals surface area contributed by atoms with E-state index in [1.165, 1.54) is 0 Å². The lowest BCUT2D eigenvalue weighted by Gasteiger charge is -2.61. The van der Waals surface area contributed by atoms with E-state index in [1.807, 2.05) is 18.1 Å². The second-order valence-electron chi connectivity index (χ2n) is 14.5. The normalized spacial score (nSPS) is 43.4. The molecule has 1 saturated heterocycles. The van der Waals surface area contributed by atoms with Crippen LogP contribution in [0.15, 0.2) is 28.4 Å². The third-order valence-electron chi connectivity index (χ3n) is 12.6. The number of nitrogens with zero attached hydrogens (tertiary/aromatic N) is 2. The zero-order valence-electron chi connectivity index (χ0n) is 26.4.